The Kier molecular flexibility index (Phi) is 4.72. The third kappa shape index (κ3) is 3.23. The number of fused-ring (bicyclic) bond motifs is 1. The molecule has 1 fully saturated rings. The number of hydrogen-bond acceptors (Lipinski definition) is 5. The zero-order valence-corrected chi connectivity index (χ0v) is 16.6. The average molecular weight is 402 g/mol. The molecule has 2 aromatic carbocycles. The molecule has 1 atom stereocenters. The lowest BCUT2D eigenvalue weighted by atomic mass is 10.0. The minimum atomic E-state index is -0.431. The summed E-state index contributed by atoms with van der Waals surface area (Å²) in [4.78, 5) is 16.0. The number of ether oxygens (including phenoxy) is 2. The number of benzene rings is 2. The van der Waals surface area contributed by atoms with E-state index in [1.165, 1.54) is 7.11 Å². The Morgan fingerprint density at radius 3 is 2.57 bits per heavy atom. The molecule has 0 spiro atoms. The standard InChI is InChI=1S/C23H22N4O3/c1-29-23(28)21-20(26-22-19(14-25-27(21)22)16-11-12-24-13-16)15-7-9-18(10-8-15)30-17-5-3-2-4-6-17/h2-10,14,16,24,26H,11-13H2,1H3. The van der Waals surface area contributed by atoms with Gasteiger partial charge < -0.3 is 19.8 Å². The molecule has 0 aliphatic carbocycles. The normalized spacial score (nSPS) is 16.1. The molecule has 0 radical (unpaired) electrons. The second kappa shape index (κ2) is 7.68. The molecule has 1 saturated heterocycles. The lowest BCUT2D eigenvalue weighted by Gasteiger charge is -2.07. The summed E-state index contributed by atoms with van der Waals surface area (Å²) in [6.07, 6.45) is 2.89. The van der Waals surface area contributed by atoms with Crippen molar-refractivity contribution in [1.29, 1.82) is 0 Å². The number of carbonyl (C=O) groups excluding carboxylic acids is 1. The molecule has 3 heterocycles. The summed E-state index contributed by atoms with van der Waals surface area (Å²) in [6, 6.07) is 17.2. The molecular weight excluding hydrogens is 380 g/mol. The minimum Gasteiger partial charge on any atom is -0.464 e. The molecule has 152 valence electrons. The molecule has 2 N–H and O–H groups in total. The van der Waals surface area contributed by atoms with Crippen molar-refractivity contribution in [2.45, 2.75) is 12.3 Å². The number of nitrogens with zero attached hydrogens (tertiary/aromatic N) is 2. The van der Waals surface area contributed by atoms with Crippen LogP contribution in [0.25, 0.3) is 16.9 Å². The van der Waals surface area contributed by atoms with Crippen LogP contribution in [0, 0.1) is 0 Å². The lowest BCUT2D eigenvalue weighted by molar-refractivity contribution is 0.0592. The number of hydrogen-bond donors (Lipinski definition) is 2. The second-order valence-electron chi connectivity index (χ2n) is 7.33. The Labute approximate surface area is 173 Å². The van der Waals surface area contributed by atoms with Crippen LogP contribution in [0.15, 0.2) is 60.8 Å². The predicted molar refractivity (Wildman–Crippen MR) is 113 cm³/mol. The van der Waals surface area contributed by atoms with Crippen LogP contribution in [0.3, 0.4) is 0 Å². The van der Waals surface area contributed by atoms with Gasteiger partial charge in [0.2, 0.25) is 0 Å². The monoisotopic (exact) mass is 402 g/mol. The Bertz CT molecular complexity index is 1170. The summed E-state index contributed by atoms with van der Waals surface area (Å²) in [5.41, 5.74) is 3.88. The molecule has 1 aliphatic heterocycles. The smallest absolute Gasteiger partial charge is 0.359 e. The summed E-state index contributed by atoms with van der Waals surface area (Å²) in [5.74, 6) is 1.44. The van der Waals surface area contributed by atoms with E-state index < -0.39 is 5.97 Å². The number of aromatic amines is 1. The van der Waals surface area contributed by atoms with Crippen LogP contribution < -0.4 is 10.1 Å². The number of esters is 1. The highest BCUT2D eigenvalue weighted by atomic mass is 16.5. The summed E-state index contributed by atoms with van der Waals surface area (Å²) in [7, 11) is 1.38. The molecule has 0 saturated carbocycles. The van der Waals surface area contributed by atoms with Crippen molar-refractivity contribution < 1.29 is 14.3 Å². The number of imidazole rings is 1. The number of carbonyl (C=O) groups is 1. The molecule has 7 nitrogen and oxygen atoms in total. The van der Waals surface area contributed by atoms with E-state index in [0.29, 0.717) is 17.3 Å². The van der Waals surface area contributed by atoms with E-state index in [1.54, 1.807) is 4.52 Å². The maximum Gasteiger partial charge on any atom is 0.359 e. The highest BCUT2D eigenvalue weighted by Crippen LogP contribution is 2.32. The van der Waals surface area contributed by atoms with Crippen LogP contribution in [0.2, 0.25) is 0 Å². The van der Waals surface area contributed by atoms with Gasteiger partial charge in [-0.1, -0.05) is 18.2 Å². The van der Waals surface area contributed by atoms with E-state index in [2.05, 4.69) is 15.4 Å². The van der Waals surface area contributed by atoms with Gasteiger partial charge in [0.05, 0.1) is 19.0 Å². The van der Waals surface area contributed by atoms with E-state index in [4.69, 9.17) is 9.47 Å². The van der Waals surface area contributed by atoms with Crippen molar-refractivity contribution in [1.82, 2.24) is 19.9 Å². The van der Waals surface area contributed by atoms with Crippen LogP contribution in [0.1, 0.15) is 28.4 Å². The first-order valence-electron chi connectivity index (χ1n) is 9.96. The zero-order valence-electron chi connectivity index (χ0n) is 16.6. The maximum absolute atomic E-state index is 12.6. The van der Waals surface area contributed by atoms with Gasteiger partial charge in [0.1, 0.15) is 17.1 Å². The molecule has 2 aromatic heterocycles. The van der Waals surface area contributed by atoms with Crippen molar-refractivity contribution in [3.05, 3.63) is 72.1 Å². The van der Waals surface area contributed by atoms with Crippen molar-refractivity contribution in [3.8, 4) is 22.8 Å². The molecule has 0 bridgehead atoms. The van der Waals surface area contributed by atoms with Gasteiger partial charge in [-0.2, -0.15) is 5.10 Å². The molecule has 1 aliphatic rings. The van der Waals surface area contributed by atoms with Crippen LogP contribution in [-0.4, -0.2) is 40.8 Å². The van der Waals surface area contributed by atoms with Crippen molar-refractivity contribution in [2.24, 2.45) is 0 Å². The lowest BCUT2D eigenvalue weighted by Crippen LogP contribution is -2.08. The molecule has 5 rings (SSSR count). The summed E-state index contributed by atoms with van der Waals surface area (Å²) in [5, 5.41) is 7.87. The molecule has 1 unspecified atom stereocenters. The summed E-state index contributed by atoms with van der Waals surface area (Å²) < 4.78 is 12.6. The van der Waals surface area contributed by atoms with Gasteiger partial charge in [-0.05, 0) is 49.4 Å². The van der Waals surface area contributed by atoms with Gasteiger partial charge >= 0.3 is 5.97 Å². The van der Waals surface area contributed by atoms with Gasteiger partial charge in [0, 0.05) is 23.6 Å². The Balaban J connectivity index is 1.53. The van der Waals surface area contributed by atoms with Crippen LogP contribution in [0.5, 0.6) is 11.5 Å². The third-order valence-electron chi connectivity index (χ3n) is 5.49. The van der Waals surface area contributed by atoms with Gasteiger partial charge in [-0.15, -0.1) is 0 Å². The topological polar surface area (TPSA) is 80.7 Å². The second-order valence-corrected chi connectivity index (χ2v) is 7.33. The van der Waals surface area contributed by atoms with E-state index in [-0.39, 0.29) is 0 Å². The van der Waals surface area contributed by atoms with Crippen molar-refractivity contribution in [3.63, 3.8) is 0 Å². The fourth-order valence-electron chi connectivity index (χ4n) is 3.97. The zero-order chi connectivity index (χ0) is 20.5. The molecule has 30 heavy (non-hydrogen) atoms. The van der Waals surface area contributed by atoms with Crippen molar-refractivity contribution >= 4 is 11.6 Å². The summed E-state index contributed by atoms with van der Waals surface area (Å²) in [6.45, 7) is 1.90. The van der Waals surface area contributed by atoms with Crippen LogP contribution in [-0.2, 0) is 4.74 Å². The third-order valence-corrected chi connectivity index (χ3v) is 5.49. The molecule has 4 aromatic rings. The molecular formula is C23H22N4O3. The van der Waals surface area contributed by atoms with Gasteiger partial charge in [0.15, 0.2) is 5.69 Å². The van der Waals surface area contributed by atoms with Crippen LogP contribution in [0.4, 0.5) is 0 Å². The quantitative estimate of drug-likeness (QED) is 0.494. The van der Waals surface area contributed by atoms with E-state index >= 15 is 0 Å². The number of methoxy groups -OCH3 is 1. The van der Waals surface area contributed by atoms with Gasteiger partial charge in [-0.25, -0.2) is 9.31 Å². The Morgan fingerprint density at radius 1 is 1.10 bits per heavy atom. The van der Waals surface area contributed by atoms with E-state index in [9.17, 15) is 4.79 Å². The SMILES string of the molecule is COC(=O)c1c(-c2ccc(Oc3ccccc3)cc2)[nH]c2c(C3CCNC3)cnn12. The minimum absolute atomic E-state index is 0.376. The highest BCUT2D eigenvalue weighted by Gasteiger charge is 2.27. The van der Waals surface area contributed by atoms with Crippen molar-refractivity contribution in [2.75, 3.05) is 20.2 Å². The average Bonchev–Trinajstić information content (AvgIpc) is 3.51. The van der Waals surface area contributed by atoms with E-state index in [1.807, 2.05) is 60.8 Å². The van der Waals surface area contributed by atoms with Gasteiger partial charge in [0.25, 0.3) is 0 Å². The number of H-pyrrole nitrogens is 1. The fourth-order valence-corrected chi connectivity index (χ4v) is 3.97. The van der Waals surface area contributed by atoms with Gasteiger partial charge in [-0.3, -0.25) is 0 Å². The largest absolute Gasteiger partial charge is 0.464 e. The number of aromatic nitrogens is 3. The van der Waals surface area contributed by atoms with Crippen LogP contribution >= 0.6 is 0 Å². The first-order valence-corrected chi connectivity index (χ1v) is 9.96. The summed E-state index contributed by atoms with van der Waals surface area (Å²) >= 11 is 0. The number of nitrogens with one attached hydrogen (secondary N) is 2. The Hall–Kier alpha value is -3.58. The number of para-hydroxylation sites is 1. The highest BCUT2D eigenvalue weighted by molar-refractivity contribution is 5.96. The Morgan fingerprint density at radius 2 is 1.87 bits per heavy atom. The first-order chi connectivity index (χ1) is 14.7. The first kappa shape index (κ1) is 18.4. The predicted octanol–water partition coefficient (Wildman–Crippen LogP) is 3.99. The molecule has 7 heteroatoms. The fraction of sp³-hybridized carbons (Fsp3) is 0.217. The molecule has 0 amide bonds. The maximum atomic E-state index is 12.6. The number of rotatable bonds is 5. The van der Waals surface area contributed by atoms with E-state index in [0.717, 1.165) is 47.8 Å².